The number of nitrogens with two attached hydrogens (primary N) is 1. The summed E-state index contributed by atoms with van der Waals surface area (Å²) >= 11 is 5.83. The number of anilines is 1. The van der Waals surface area contributed by atoms with Gasteiger partial charge < -0.3 is 5.73 Å². The van der Waals surface area contributed by atoms with Crippen molar-refractivity contribution in [1.29, 1.82) is 0 Å². The average molecular weight is 232 g/mol. The summed E-state index contributed by atoms with van der Waals surface area (Å²) in [7, 11) is 0. The number of aromatic nitrogens is 2. The molecule has 0 saturated heterocycles. The molecule has 4 heteroatoms. The van der Waals surface area contributed by atoms with E-state index in [1.54, 1.807) is 12.3 Å². The molecule has 0 aliphatic rings. The highest BCUT2D eigenvalue weighted by atomic mass is 35.5. The number of halogens is 1. The Bertz CT molecular complexity index is 509. The number of nitrogens with zero attached hydrogens (tertiary/aromatic N) is 2. The van der Waals surface area contributed by atoms with Gasteiger partial charge in [0, 0.05) is 18.0 Å². The van der Waals surface area contributed by atoms with Crippen LogP contribution in [-0.4, -0.2) is 9.97 Å². The van der Waals surface area contributed by atoms with E-state index >= 15 is 0 Å². The van der Waals surface area contributed by atoms with Crippen molar-refractivity contribution in [2.45, 2.75) is 0 Å². The van der Waals surface area contributed by atoms with Crippen LogP contribution in [0.4, 0.5) is 5.82 Å². The minimum absolute atomic E-state index is 0.455. The molecular formula is C12H10ClN3. The van der Waals surface area contributed by atoms with E-state index in [4.69, 9.17) is 17.3 Å². The van der Waals surface area contributed by atoms with Gasteiger partial charge in [0.2, 0.25) is 0 Å². The van der Waals surface area contributed by atoms with E-state index in [0.29, 0.717) is 10.8 Å². The first-order chi connectivity index (χ1) is 7.75. The summed E-state index contributed by atoms with van der Waals surface area (Å²) in [5.74, 6) is 0.455. The molecule has 0 amide bonds. The Morgan fingerprint density at radius 2 is 2.06 bits per heavy atom. The molecule has 0 saturated carbocycles. The van der Waals surface area contributed by atoms with Crippen LogP contribution in [-0.2, 0) is 0 Å². The van der Waals surface area contributed by atoms with Crippen molar-refractivity contribution in [3.63, 3.8) is 0 Å². The average Bonchev–Trinajstić information content (AvgIpc) is 2.32. The third-order valence-electron chi connectivity index (χ3n) is 2.04. The lowest BCUT2D eigenvalue weighted by atomic mass is 10.2. The van der Waals surface area contributed by atoms with Crippen LogP contribution < -0.4 is 5.73 Å². The first kappa shape index (κ1) is 10.6. The van der Waals surface area contributed by atoms with Gasteiger partial charge in [-0.15, -0.1) is 0 Å². The van der Waals surface area contributed by atoms with Crippen LogP contribution in [0.3, 0.4) is 0 Å². The lowest BCUT2D eigenvalue weighted by Crippen LogP contribution is -1.92. The van der Waals surface area contributed by atoms with Gasteiger partial charge in [-0.3, -0.25) is 4.98 Å². The molecule has 3 nitrogen and oxygen atoms in total. The van der Waals surface area contributed by atoms with Crippen LogP contribution in [0.15, 0.2) is 36.7 Å². The monoisotopic (exact) mass is 231 g/mol. The van der Waals surface area contributed by atoms with E-state index < -0.39 is 0 Å². The predicted octanol–water partition coefficient (Wildman–Crippen LogP) is 2.88. The molecule has 16 heavy (non-hydrogen) atoms. The Kier molecular flexibility index (Phi) is 3.17. The zero-order valence-corrected chi connectivity index (χ0v) is 9.22. The van der Waals surface area contributed by atoms with Crippen molar-refractivity contribution in [2.75, 3.05) is 5.73 Å². The highest BCUT2D eigenvalue weighted by Crippen LogP contribution is 2.17. The largest absolute Gasteiger partial charge is 0.383 e. The van der Waals surface area contributed by atoms with Gasteiger partial charge in [0.1, 0.15) is 5.82 Å². The van der Waals surface area contributed by atoms with E-state index in [0.717, 1.165) is 11.3 Å². The first-order valence-corrected chi connectivity index (χ1v) is 5.13. The molecule has 0 fully saturated rings. The fourth-order valence-corrected chi connectivity index (χ4v) is 1.42. The smallest absolute Gasteiger partial charge is 0.130 e. The van der Waals surface area contributed by atoms with Crippen LogP contribution >= 0.6 is 11.6 Å². The minimum Gasteiger partial charge on any atom is -0.383 e. The Hall–Kier alpha value is -1.87. The second-order valence-corrected chi connectivity index (χ2v) is 3.65. The minimum atomic E-state index is 0.455. The molecule has 0 atom stereocenters. The maximum absolute atomic E-state index is 5.83. The third-order valence-corrected chi connectivity index (χ3v) is 2.24. The summed E-state index contributed by atoms with van der Waals surface area (Å²) in [6.45, 7) is 0. The topological polar surface area (TPSA) is 51.8 Å². The highest BCUT2D eigenvalue weighted by Gasteiger charge is 1.97. The lowest BCUT2D eigenvalue weighted by molar-refractivity contribution is 1.30. The first-order valence-electron chi connectivity index (χ1n) is 4.76. The molecular weight excluding hydrogens is 222 g/mol. The van der Waals surface area contributed by atoms with Gasteiger partial charge in [0.05, 0.1) is 10.7 Å². The van der Waals surface area contributed by atoms with Gasteiger partial charge in [-0.25, -0.2) is 4.98 Å². The van der Waals surface area contributed by atoms with Crippen molar-refractivity contribution in [3.8, 4) is 0 Å². The van der Waals surface area contributed by atoms with Crippen molar-refractivity contribution in [2.24, 2.45) is 0 Å². The number of rotatable bonds is 2. The molecule has 0 aromatic carbocycles. The second-order valence-electron chi connectivity index (χ2n) is 3.22. The molecule has 0 aliphatic heterocycles. The summed E-state index contributed by atoms with van der Waals surface area (Å²) in [5.41, 5.74) is 7.36. The Labute approximate surface area is 98.6 Å². The van der Waals surface area contributed by atoms with Crippen LogP contribution in [0.2, 0.25) is 5.02 Å². The number of hydrogen-bond acceptors (Lipinski definition) is 3. The molecule has 0 radical (unpaired) electrons. The number of nitrogen functional groups attached to an aromatic ring is 1. The number of pyridine rings is 2. The molecule has 2 aromatic rings. The van der Waals surface area contributed by atoms with Crippen molar-refractivity contribution in [3.05, 3.63) is 52.9 Å². The molecule has 2 heterocycles. The molecule has 80 valence electrons. The summed E-state index contributed by atoms with van der Waals surface area (Å²) in [5, 5.41) is 0.565. The van der Waals surface area contributed by atoms with E-state index in [9.17, 15) is 0 Å². The van der Waals surface area contributed by atoms with Crippen LogP contribution in [0, 0.1) is 0 Å². The van der Waals surface area contributed by atoms with Crippen molar-refractivity contribution in [1.82, 2.24) is 9.97 Å². The highest BCUT2D eigenvalue weighted by molar-refractivity contribution is 6.30. The summed E-state index contributed by atoms with van der Waals surface area (Å²) in [6, 6.07) is 7.47. The molecule has 2 aromatic heterocycles. The van der Waals surface area contributed by atoms with Crippen molar-refractivity contribution >= 4 is 29.6 Å². The molecule has 0 bridgehead atoms. The van der Waals surface area contributed by atoms with Gasteiger partial charge in [-0.05, 0) is 30.4 Å². The van der Waals surface area contributed by atoms with Gasteiger partial charge in [-0.1, -0.05) is 17.7 Å². The SMILES string of the molecule is Nc1ncc(Cl)cc1C=Cc1ccccn1. The lowest BCUT2D eigenvalue weighted by Gasteiger charge is -1.99. The Morgan fingerprint density at radius 1 is 1.19 bits per heavy atom. The summed E-state index contributed by atoms with van der Waals surface area (Å²) < 4.78 is 0. The van der Waals surface area contributed by atoms with Crippen molar-refractivity contribution < 1.29 is 0 Å². The molecule has 0 aliphatic carbocycles. The molecule has 2 N–H and O–H groups in total. The van der Waals surface area contributed by atoms with Crippen LogP contribution in [0.1, 0.15) is 11.3 Å². The van der Waals surface area contributed by atoms with Crippen LogP contribution in [0.5, 0.6) is 0 Å². The molecule has 2 rings (SSSR count). The van der Waals surface area contributed by atoms with E-state index in [1.807, 2.05) is 30.4 Å². The summed E-state index contributed by atoms with van der Waals surface area (Å²) in [6.07, 6.45) is 6.97. The van der Waals surface area contributed by atoms with E-state index in [1.165, 1.54) is 6.20 Å². The zero-order valence-electron chi connectivity index (χ0n) is 8.47. The van der Waals surface area contributed by atoms with Gasteiger partial charge >= 0.3 is 0 Å². The van der Waals surface area contributed by atoms with Gasteiger partial charge in [0.25, 0.3) is 0 Å². The quantitative estimate of drug-likeness (QED) is 0.865. The normalized spacial score (nSPS) is 10.8. The van der Waals surface area contributed by atoms with E-state index in [-0.39, 0.29) is 0 Å². The second kappa shape index (κ2) is 4.77. The fourth-order valence-electron chi connectivity index (χ4n) is 1.25. The fraction of sp³-hybridized carbons (Fsp3) is 0. The molecule has 0 unspecified atom stereocenters. The standard InChI is InChI=1S/C12H10ClN3/c13-10-7-9(12(14)16-8-10)4-5-11-3-1-2-6-15-11/h1-8H,(H2,14,16). The van der Waals surface area contributed by atoms with Crippen LogP contribution in [0.25, 0.3) is 12.2 Å². The maximum atomic E-state index is 5.83. The van der Waals surface area contributed by atoms with Gasteiger partial charge in [-0.2, -0.15) is 0 Å². The Morgan fingerprint density at radius 3 is 2.81 bits per heavy atom. The maximum Gasteiger partial charge on any atom is 0.130 e. The predicted molar refractivity (Wildman–Crippen MR) is 66.8 cm³/mol. The Balaban J connectivity index is 2.27. The third kappa shape index (κ3) is 2.58. The zero-order chi connectivity index (χ0) is 11.4. The van der Waals surface area contributed by atoms with E-state index in [2.05, 4.69) is 9.97 Å². The summed E-state index contributed by atoms with van der Waals surface area (Å²) in [4.78, 5) is 8.13. The molecule has 0 spiro atoms. The van der Waals surface area contributed by atoms with Gasteiger partial charge in [0.15, 0.2) is 0 Å². The number of hydrogen-bond donors (Lipinski definition) is 1.